The van der Waals surface area contributed by atoms with E-state index in [0.717, 1.165) is 0 Å². The maximum absolute atomic E-state index is 2.40. The van der Waals surface area contributed by atoms with E-state index in [-0.39, 0.29) is 51.0 Å². The number of benzene rings is 4. The first-order chi connectivity index (χ1) is 19.8. The Morgan fingerprint density at radius 3 is 1.33 bits per heavy atom. The minimum atomic E-state index is -1.22. The molecule has 6 aromatic rings. The summed E-state index contributed by atoms with van der Waals surface area (Å²) in [4.78, 5) is 0. The SMILES string of the molecule is CC(C)c1cc2c(-c3ccc([Si](C)(C)C)cc3)cccc2[cH-]1.Cc1cc2c(-c3ccc([Si](C)(C)C)cc3)cccc2[cH-]1.[Cl-].[Cl-].[Zr+4]. The van der Waals surface area contributed by atoms with Crippen LogP contribution in [0, 0.1) is 6.92 Å². The zero-order valence-electron chi connectivity index (χ0n) is 28.2. The number of aryl methyl sites for hydroxylation is 1. The predicted octanol–water partition coefficient (Wildman–Crippen LogP) is 4.98. The Morgan fingerprint density at radius 2 is 0.933 bits per heavy atom. The zero-order valence-corrected chi connectivity index (χ0v) is 34.2. The molecule has 0 unspecified atom stereocenters. The van der Waals surface area contributed by atoms with Crippen LogP contribution in [0.3, 0.4) is 0 Å². The summed E-state index contributed by atoms with van der Waals surface area (Å²) in [6.07, 6.45) is 0. The molecule has 232 valence electrons. The van der Waals surface area contributed by atoms with E-state index >= 15 is 0 Å². The fourth-order valence-corrected chi connectivity index (χ4v) is 8.11. The average Bonchev–Trinajstić information content (AvgIpc) is 3.55. The van der Waals surface area contributed by atoms with Crippen LogP contribution in [0.25, 0.3) is 43.8 Å². The summed E-state index contributed by atoms with van der Waals surface area (Å²) < 4.78 is 0. The van der Waals surface area contributed by atoms with Crippen LogP contribution in [0.2, 0.25) is 39.3 Å². The third kappa shape index (κ3) is 9.08. The van der Waals surface area contributed by atoms with Gasteiger partial charge in [0.15, 0.2) is 0 Å². The van der Waals surface area contributed by atoms with Gasteiger partial charge in [0.1, 0.15) is 0 Å². The molecular weight excluding hydrogens is 699 g/mol. The Labute approximate surface area is 305 Å². The van der Waals surface area contributed by atoms with Crippen LogP contribution < -0.4 is 35.2 Å². The van der Waals surface area contributed by atoms with E-state index in [0.29, 0.717) is 5.92 Å². The van der Waals surface area contributed by atoms with Gasteiger partial charge in [0, 0.05) is 0 Å². The van der Waals surface area contributed by atoms with E-state index in [9.17, 15) is 0 Å². The Morgan fingerprint density at radius 1 is 0.533 bits per heavy atom. The van der Waals surface area contributed by atoms with Crippen molar-refractivity contribution in [2.45, 2.75) is 66.0 Å². The smallest absolute Gasteiger partial charge is 1.00 e. The summed E-state index contributed by atoms with van der Waals surface area (Å²) in [5.41, 5.74) is 8.12. The first kappa shape index (κ1) is 39.2. The molecule has 0 fully saturated rings. The van der Waals surface area contributed by atoms with E-state index in [1.807, 2.05) is 0 Å². The first-order valence-electron chi connectivity index (χ1n) is 15.4. The molecule has 0 aromatic heterocycles. The van der Waals surface area contributed by atoms with E-state index in [1.54, 1.807) is 0 Å². The van der Waals surface area contributed by atoms with Crippen molar-refractivity contribution >= 4 is 48.1 Å². The minimum Gasteiger partial charge on any atom is -1.00 e. The first-order valence-corrected chi connectivity index (χ1v) is 22.4. The quantitative estimate of drug-likeness (QED) is 0.173. The monoisotopic (exact) mass is 742 g/mol. The predicted molar refractivity (Wildman–Crippen MR) is 195 cm³/mol. The fraction of sp³-hybridized carbons (Fsp3) is 0.250. The Balaban J connectivity index is 0.000000295. The molecule has 6 aromatic carbocycles. The zero-order chi connectivity index (χ0) is 30.2. The van der Waals surface area contributed by atoms with Crippen molar-refractivity contribution in [3.05, 3.63) is 120 Å². The maximum atomic E-state index is 2.40. The molecular formula is C40H46Cl2Si2Zr. The second-order valence-corrected chi connectivity index (χ2v) is 24.4. The van der Waals surface area contributed by atoms with Crippen molar-refractivity contribution in [2.75, 3.05) is 0 Å². The normalized spacial score (nSPS) is 11.3. The van der Waals surface area contributed by atoms with Crippen LogP contribution in [0.1, 0.15) is 30.9 Å². The van der Waals surface area contributed by atoms with Gasteiger partial charge in [0.2, 0.25) is 0 Å². The summed E-state index contributed by atoms with van der Waals surface area (Å²) >= 11 is 0. The van der Waals surface area contributed by atoms with Gasteiger partial charge in [-0.2, -0.15) is 12.1 Å². The molecule has 0 N–H and O–H groups in total. The standard InChI is InChI=1S/C21H25Si.C19H21Si.2ClH.Zr/c1-15(2)18-13-17-7-6-8-20(21(17)14-18)16-9-11-19(12-10-16)22(3,4)5;1-14-12-16-6-5-7-18(19(16)13-14)15-8-10-17(11-9-15)20(2,3)4;;;/h6-15H,1-5H3;5-13H,1-4H3;2*1H;/q2*-1;;;+4/p-2. The summed E-state index contributed by atoms with van der Waals surface area (Å²) in [6.45, 7) is 21.1. The van der Waals surface area contributed by atoms with Gasteiger partial charge in [-0.25, -0.2) is 0 Å². The van der Waals surface area contributed by atoms with Crippen molar-refractivity contribution in [2.24, 2.45) is 0 Å². The fourth-order valence-electron chi connectivity index (χ4n) is 5.78. The van der Waals surface area contributed by atoms with Crippen LogP contribution >= 0.6 is 0 Å². The molecule has 0 amide bonds. The van der Waals surface area contributed by atoms with E-state index in [2.05, 4.69) is 169 Å². The molecule has 0 bridgehead atoms. The summed E-state index contributed by atoms with van der Waals surface area (Å²) in [5.74, 6) is 0.578. The van der Waals surface area contributed by atoms with Gasteiger partial charge in [-0.3, -0.25) is 0 Å². The van der Waals surface area contributed by atoms with Crippen molar-refractivity contribution in [3.63, 3.8) is 0 Å². The van der Waals surface area contributed by atoms with Crippen LogP contribution in [0.5, 0.6) is 0 Å². The molecule has 0 spiro atoms. The van der Waals surface area contributed by atoms with Crippen molar-refractivity contribution in [3.8, 4) is 22.3 Å². The summed E-state index contributed by atoms with van der Waals surface area (Å²) in [7, 11) is -2.43. The van der Waals surface area contributed by atoms with E-state index in [1.165, 1.54) is 65.3 Å². The second-order valence-electron chi connectivity index (χ2n) is 14.2. The molecule has 0 aliphatic carbocycles. The molecule has 5 heteroatoms. The van der Waals surface area contributed by atoms with E-state index < -0.39 is 16.1 Å². The molecule has 0 nitrogen and oxygen atoms in total. The van der Waals surface area contributed by atoms with Crippen molar-refractivity contribution in [1.29, 1.82) is 0 Å². The van der Waals surface area contributed by atoms with Gasteiger partial charge >= 0.3 is 26.2 Å². The molecule has 0 saturated heterocycles. The molecule has 0 saturated carbocycles. The summed E-state index contributed by atoms with van der Waals surface area (Å²) in [6, 6.07) is 40.9. The number of hydrogen-bond donors (Lipinski definition) is 0. The summed E-state index contributed by atoms with van der Waals surface area (Å²) in [5, 5.41) is 8.49. The van der Waals surface area contributed by atoms with E-state index in [4.69, 9.17) is 0 Å². The molecule has 0 radical (unpaired) electrons. The van der Waals surface area contributed by atoms with Crippen molar-refractivity contribution < 1.29 is 51.0 Å². The second kappa shape index (κ2) is 15.7. The van der Waals surface area contributed by atoms with Gasteiger partial charge in [0.05, 0.1) is 16.1 Å². The van der Waals surface area contributed by atoms with Gasteiger partial charge in [0.25, 0.3) is 0 Å². The van der Waals surface area contributed by atoms with Gasteiger partial charge in [-0.05, 0) is 17.0 Å². The van der Waals surface area contributed by atoms with Gasteiger partial charge in [-0.1, -0.05) is 142 Å². The van der Waals surface area contributed by atoms with Crippen LogP contribution in [0.15, 0.2) is 109 Å². The molecule has 0 aliphatic rings. The molecule has 0 aliphatic heterocycles. The van der Waals surface area contributed by atoms with Crippen LogP contribution in [-0.2, 0) is 26.2 Å². The largest absolute Gasteiger partial charge is 4.00 e. The Kier molecular flexibility index (Phi) is 13.7. The molecule has 0 heterocycles. The van der Waals surface area contributed by atoms with Crippen LogP contribution in [-0.4, -0.2) is 16.1 Å². The van der Waals surface area contributed by atoms with Gasteiger partial charge in [-0.15, -0.1) is 69.1 Å². The molecule has 6 rings (SSSR count). The average molecular weight is 745 g/mol. The number of halogens is 2. The third-order valence-electron chi connectivity index (χ3n) is 8.46. The van der Waals surface area contributed by atoms with Gasteiger partial charge < -0.3 is 24.8 Å². The Bertz CT molecular complexity index is 1810. The maximum Gasteiger partial charge on any atom is 4.00 e. The van der Waals surface area contributed by atoms with Crippen LogP contribution in [0.4, 0.5) is 0 Å². The number of fused-ring (bicyclic) bond motifs is 2. The Hall–Kier alpha value is -2.00. The minimum absolute atomic E-state index is 0. The third-order valence-corrected chi connectivity index (χ3v) is 12.6. The number of hydrogen-bond acceptors (Lipinski definition) is 0. The van der Waals surface area contributed by atoms with Crippen molar-refractivity contribution in [1.82, 2.24) is 0 Å². The topological polar surface area (TPSA) is 0 Å². The number of rotatable bonds is 5. The molecule has 0 atom stereocenters. The molecule has 45 heavy (non-hydrogen) atoms.